The topological polar surface area (TPSA) is 171 Å². The molecule has 1 fully saturated rings. The van der Waals surface area contributed by atoms with Gasteiger partial charge in [0, 0.05) is 77.2 Å². The molecule has 0 unspecified atom stereocenters. The first kappa shape index (κ1) is 62.4. The molecule has 15 nitrogen and oxygen atoms in total. The molecule has 2 aliphatic rings. The molecule has 1 aliphatic heterocycles. The van der Waals surface area contributed by atoms with E-state index in [1.54, 1.807) is 44.6 Å². The van der Waals surface area contributed by atoms with Crippen molar-refractivity contribution in [3.8, 4) is 0 Å². The van der Waals surface area contributed by atoms with Crippen molar-refractivity contribution in [1.29, 1.82) is 0 Å². The maximum absolute atomic E-state index is 14.8. The molecule has 2 heterocycles. The predicted octanol–water partition coefficient (Wildman–Crippen LogP) is 8.02. The van der Waals surface area contributed by atoms with E-state index in [-0.39, 0.29) is 122 Å². The number of carbonyl (C=O) groups is 6. The van der Waals surface area contributed by atoms with E-state index in [1.165, 1.54) is 22.6 Å². The van der Waals surface area contributed by atoms with E-state index in [0.717, 1.165) is 35.6 Å². The van der Waals surface area contributed by atoms with Crippen LogP contribution in [0.2, 0.25) is 0 Å². The van der Waals surface area contributed by atoms with Crippen LogP contribution in [0.15, 0.2) is 54.1 Å². The lowest BCUT2D eigenvalue weighted by molar-refractivity contribution is -0.149. The normalized spacial score (nSPS) is 18.3. The Hall–Kier alpha value is -4.10. The van der Waals surface area contributed by atoms with Gasteiger partial charge in [-0.05, 0) is 72.4 Å². The third kappa shape index (κ3) is 18.0. The van der Waals surface area contributed by atoms with Crippen molar-refractivity contribution in [1.82, 2.24) is 19.7 Å². The number of Topliss-reactive ketones (excluding diaryl/α,β-unsaturated/α-hetero) is 1. The van der Waals surface area contributed by atoms with E-state index in [1.807, 2.05) is 50.2 Å². The standard InChI is InChI=1S/C57H86N4O11S2/c1-12-39(6)54(49(68-10)36-52(66)61-25-16-19-45(61)55(69-11)40(7)50(73)34-42(56-58-24-32-74-56)33-41-17-14-13-15-18-41)60(9)57(67)44(37(2)3)35-48(64)53(38(4)5)59(8)51(65)23-27-71-29-31-72-30-28-70-26-22-43-46(62)20-21-47(43)63/h13-15,17-18,20-21,24,32,37-40,42-45,49,53-55H,12,16,19,22-23,25-31,33-36H2,1-11H3/t39-,40-,42+,44-,45-,49+,53-,54-,55+/m0/s1. The van der Waals surface area contributed by atoms with Crippen LogP contribution in [0, 0.1) is 35.5 Å². The second-order valence-corrected chi connectivity index (χ2v) is 22.2. The Morgan fingerprint density at radius 2 is 1.46 bits per heavy atom. The summed E-state index contributed by atoms with van der Waals surface area (Å²) < 4.78 is 29.1. The zero-order valence-electron chi connectivity index (χ0n) is 46.0. The Morgan fingerprint density at radius 3 is 2.03 bits per heavy atom. The molecule has 0 radical (unpaired) electrons. The Labute approximate surface area is 450 Å². The minimum atomic E-state index is -0.754. The SMILES string of the molecule is CC[C@H](C)[C@@H]([C@@H](CC(=O)N1CCC[C@H]1[C@H](OC)[C@@H](C)C(=S)C[C@@H](Cc1ccccc1)c1nccs1)OC)N(C)C(=O)[C@@H](CC(=O)[C@H](C(C)C)N(C)C(=O)CCOCCOCCOCCC1C(=O)C=CC1=O)C(C)C. The van der Waals surface area contributed by atoms with Crippen molar-refractivity contribution in [2.75, 3.05) is 74.5 Å². The molecule has 0 bridgehead atoms. The van der Waals surface area contributed by atoms with E-state index in [4.69, 9.17) is 35.9 Å². The molecule has 0 N–H and O–H groups in total. The van der Waals surface area contributed by atoms with Crippen LogP contribution in [0.1, 0.15) is 116 Å². The Kier molecular flexibility index (Phi) is 26.9. The third-order valence-corrected chi connectivity index (χ3v) is 16.6. The number of likely N-dealkylation sites (N-methyl/N-ethyl adjacent to an activating group) is 2. The Balaban J connectivity index is 1.33. The zero-order valence-corrected chi connectivity index (χ0v) is 47.7. The highest BCUT2D eigenvalue weighted by molar-refractivity contribution is 7.80. The molecular weight excluding hydrogens is 981 g/mol. The number of rotatable bonds is 35. The van der Waals surface area contributed by atoms with Crippen LogP contribution in [-0.2, 0) is 58.9 Å². The van der Waals surface area contributed by atoms with E-state index >= 15 is 0 Å². The van der Waals surface area contributed by atoms with Gasteiger partial charge in [0.1, 0.15) is 0 Å². The number of ketones is 3. The van der Waals surface area contributed by atoms with Crippen molar-refractivity contribution < 1.29 is 52.5 Å². The van der Waals surface area contributed by atoms with Crippen molar-refractivity contribution >= 4 is 63.5 Å². The summed E-state index contributed by atoms with van der Waals surface area (Å²) in [5.74, 6) is -2.84. The fraction of sp³-hybridized carbons (Fsp3) is 0.684. The average molecular weight is 1070 g/mol. The van der Waals surface area contributed by atoms with Gasteiger partial charge in [0.2, 0.25) is 17.7 Å². The van der Waals surface area contributed by atoms with Crippen LogP contribution >= 0.6 is 23.6 Å². The molecule has 2 aromatic rings. The highest BCUT2D eigenvalue weighted by atomic mass is 32.1. The number of carbonyl (C=O) groups excluding carboxylic acids is 6. The van der Waals surface area contributed by atoms with E-state index in [9.17, 15) is 28.8 Å². The molecule has 74 heavy (non-hydrogen) atoms. The largest absolute Gasteiger partial charge is 0.379 e. The summed E-state index contributed by atoms with van der Waals surface area (Å²) in [5, 5.41) is 3.05. The minimum absolute atomic E-state index is 0.0440. The predicted molar refractivity (Wildman–Crippen MR) is 292 cm³/mol. The van der Waals surface area contributed by atoms with Crippen LogP contribution < -0.4 is 0 Å². The molecule has 1 aromatic heterocycles. The fourth-order valence-electron chi connectivity index (χ4n) is 10.6. The van der Waals surface area contributed by atoms with Crippen LogP contribution in [0.4, 0.5) is 0 Å². The fourth-order valence-corrected chi connectivity index (χ4v) is 11.7. The average Bonchev–Trinajstić information content (AvgIpc) is 4.17. The number of hydrogen-bond acceptors (Lipinski definition) is 14. The zero-order chi connectivity index (χ0) is 54.5. The smallest absolute Gasteiger partial charge is 0.226 e. The number of thiazole rings is 1. The molecule has 412 valence electrons. The molecule has 9 atom stereocenters. The summed E-state index contributed by atoms with van der Waals surface area (Å²) in [4.78, 5) is 91.2. The second-order valence-electron chi connectivity index (χ2n) is 20.8. The van der Waals surface area contributed by atoms with Crippen molar-refractivity contribution in [3.63, 3.8) is 0 Å². The number of amides is 3. The van der Waals surface area contributed by atoms with Crippen LogP contribution in [0.25, 0.3) is 0 Å². The van der Waals surface area contributed by atoms with Gasteiger partial charge < -0.3 is 38.4 Å². The molecule has 1 saturated heterocycles. The first-order chi connectivity index (χ1) is 35.4. The first-order valence-corrected chi connectivity index (χ1v) is 28.0. The van der Waals surface area contributed by atoms with Crippen LogP contribution in [0.5, 0.6) is 0 Å². The van der Waals surface area contributed by atoms with Gasteiger partial charge in [0.05, 0.1) is 87.1 Å². The van der Waals surface area contributed by atoms with Gasteiger partial charge in [-0.25, -0.2) is 4.98 Å². The Morgan fingerprint density at radius 1 is 0.824 bits per heavy atom. The molecule has 0 saturated carbocycles. The number of thiocarbonyl (C=S) groups is 1. The van der Waals surface area contributed by atoms with E-state index in [2.05, 4.69) is 50.0 Å². The van der Waals surface area contributed by atoms with Gasteiger partial charge >= 0.3 is 0 Å². The van der Waals surface area contributed by atoms with Crippen molar-refractivity contribution in [3.05, 3.63) is 64.6 Å². The quantitative estimate of drug-likeness (QED) is 0.0370. The van der Waals surface area contributed by atoms with Gasteiger partial charge in [-0.15, -0.1) is 11.3 Å². The monoisotopic (exact) mass is 1070 g/mol. The number of aromatic nitrogens is 1. The number of benzene rings is 1. The lowest BCUT2D eigenvalue weighted by atomic mass is 9.83. The number of likely N-dealkylation sites (tertiary alicyclic amines) is 1. The van der Waals surface area contributed by atoms with Crippen molar-refractivity contribution in [2.24, 2.45) is 35.5 Å². The molecule has 4 rings (SSSR count). The highest BCUT2D eigenvalue weighted by Crippen LogP contribution is 2.34. The second kappa shape index (κ2) is 31.8. The summed E-state index contributed by atoms with van der Waals surface area (Å²) in [7, 11) is 6.68. The minimum Gasteiger partial charge on any atom is -0.379 e. The molecule has 1 aromatic carbocycles. The van der Waals surface area contributed by atoms with Gasteiger partial charge in [0.25, 0.3) is 0 Å². The first-order valence-electron chi connectivity index (χ1n) is 26.7. The van der Waals surface area contributed by atoms with Gasteiger partial charge in [0.15, 0.2) is 17.3 Å². The lowest BCUT2D eigenvalue weighted by Gasteiger charge is -2.41. The summed E-state index contributed by atoms with van der Waals surface area (Å²) in [5.41, 5.74) is 1.23. The van der Waals surface area contributed by atoms with Gasteiger partial charge in [-0.2, -0.15) is 0 Å². The summed E-state index contributed by atoms with van der Waals surface area (Å²) in [6, 6.07) is 8.98. The summed E-state index contributed by atoms with van der Waals surface area (Å²) >= 11 is 7.83. The number of methoxy groups -OCH3 is 2. The molecule has 17 heteroatoms. The van der Waals surface area contributed by atoms with Crippen molar-refractivity contribution in [2.45, 2.75) is 143 Å². The molecule has 3 amide bonds. The molecule has 1 aliphatic carbocycles. The van der Waals surface area contributed by atoms with Gasteiger partial charge in [-0.1, -0.05) is 97.4 Å². The number of ether oxygens (including phenoxy) is 5. The number of nitrogens with zero attached hydrogens (tertiary/aromatic N) is 4. The molecule has 0 spiro atoms. The number of hydrogen-bond donors (Lipinski definition) is 0. The molecular formula is C57H86N4O11S2. The van der Waals surface area contributed by atoms with Crippen LogP contribution in [-0.4, -0.2) is 164 Å². The summed E-state index contributed by atoms with van der Waals surface area (Å²) in [6.07, 6.45) is 7.75. The van der Waals surface area contributed by atoms with E-state index in [0.29, 0.717) is 32.6 Å². The van der Waals surface area contributed by atoms with Gasteiger partial charge in [-0.3, -0.25) is 28.8 Å². The lowest BCUT2D eigenvalue weighted by Crippen LogP contribution is -2.54. The third-order valence-electron chi connectivity index (χ3n) is 15.1. The van der Waals surface area contributed by atoms with E-state index < -0.39 is 30.0 Å². The maximum atomic E-state index is 14.8. The van der Waals surface area contributed by atoms with Crippen LogP contribution in [0.3, 0.4) is 0 Å². The maximum Gasteiger partial charge on any atom is 0.226 e. The summed E-state index contributed by atoms with van der Waals surface area (Å²) in [6.45, 7) is 16.1. The Bertz CT molecular complexity index is 2100. The highest BCUT2D eigenvalue weighted by Gasteiger charge is 2.43. The number of allylic oxidation sites excluding steroid dienone is 2.